The number of terminal acetylenes is 1. The molecular formula is C20H15Cl2FN4O3. The molecule has 2 aromatic rings. The average Bonchev–Trinajstić information content (AvgIpc) is 3.17. The van der Waals surface area contributed by atoms with E-state index < -0.39 is 29.3 Å². The first kappa shape index (κ1) is 20.4. The van der Waals surface area contributed by atoms with Crippen molar-refractivity contribution in [2.24, 2.45) is 16.6 Å². The lowest BCUT2D eigenvalue weighted by Gasteiger charge is -2.37. The molecule has 0 saturated carbocycles. The molecule has 0 bridgehead atoms. The average molecular weight is 449 g/mol. The number of carbonyl (C=O) groups excluding carboxylic acids is 1. The number of ether oxygens (including phenoxy) is 2. The molecule has 7 nitrogen and oxygen atoms in total. The van der Waals surface area contributed by atoms with Crippen molar-refractivity contribution in [3.63, 3.8) is 0 Å². The molecule has 1 aromatic carbocycles. The molecule has 3 N–H and O–H groups in total. The third kappa shape index (κ3) is 3.45. The van der Waals surface area contributed by atoms with Crippen molar-refractivity contribution in [2.75, 3.05) is 18.5 Å². The Hall–Kier alpha value is -2.86. The quantitative estimate of drug-likeness (QED) is 0.703. The van der Waals surface area contributed by atoms with E-state index in [1.807, 2.05) is 0 Å². The number of carbonyl (C=O) groups is 1. The minimum atomic E-state index is -1.44. The third-order valence-corrected chi connectivity index (χ3v) is 5.50. The summed E-state index contributed by atoms with van der Waals surface area (Å²) in [5, 5.41) is 3.00. The summed E-state index contributed by atoms with van der Waals surface area (Å²) in [4.78, 5) is 20.8. The second-order valence-electron chi connectivity index (χ2n) is 6.79. The Morgan fingerprint density at radius 2 is 2.17 bits per heavy atom. The highest BCUT2D eigenvalue weighted by Crippen LogP contribution is 2.43. The third-order valence-electron chi connectivity index (χ3n) is 5.00. The Kier molecular flexibility index (Phi) is 5.28. The van der Waals surface area contributed by atoms with Crippen LogP contribution >= 0.6 is 23.2 Å². The van der Waals surface area contributed by atoms with E-state index in [2.05, 4.69) is 21.2 Å². The number of hydrogen-bond acceptors (Lipinski definition) is 6. The van der Waals surface area contributed by atoms with Gasteiger partial charge in [-0.25, -0.2) is 14.4 Å². The second kappa shape index (κ2) is 7.76. The van der Waals surface area contributed by atoms with Crippen molar-refractivity contribution in [3.05, 3.63) is 57.6 Å². The highest BCUT2D eigenvalue weighted by Gasteiger charge is 2.52. The van der Waals surface area contributed by atoms with Gasteiger partial charge in [-0.15, -0.1) is 6.42 Å². The summed E-state index contributed by atoms with van der Waals surface area (Å²) < 4.78 is 25.8. The molecule has 2 aliphatic rings. The molecule has 1 amide bonds. The second-order valence-corrected chi connectivity index (χ2v) is 7.64. The van der Waals surface area contributed by atoms with E-state index in [0.717, 1.165) is 0 Å². The van der Waals surface area contributed by atoms with E-state index in [0.29, 0.717) is 5.02 Å². The zero-order valence-corrected chi connectivity index (χ0v) is 16.9. The Balaban J connectivity index is 1.72. The number of amides is 1. The molecule has 2 aliphatic heterocycles. The molecule has 0 spiro atoms. The van der Waals surface area contributed by atoms with Crippen molar-refractivity contribution in [2.45, 2.75) is 11.6 Å². The highest BCUT2D eigenvalue weighted by atomic mass is 35.5. The zero-order chi connectivity index (χ0) is 21.5. The highest BCUT2D eigenvalue weighted by molar-refractivity contribution is 6.36. The summed E-state index contributed by atoms with van der Waals surface area (Å²) in [5.74, 6) is 0.938. The maximum Gasteiger partial charge on any atom is 0.284 e. The fourth-order valence-electron chi connectivity index (χ4n) is 3.62. The molecule has 1 fully saturated rings. The lowest BCUT2D eigenvalue weighted by atomic mass is 9.76. The van der Waals surface area contributed by atoms with Crippen molar-refractivity contribution in [1.29, 1.82) is 0 Å². The number of hydrogen-bond donors (Lipinski definition) is 2. The van der Waals surface area contributed by atoms with Gasteiger partial charge in [0.05, 0.1) is 29.2 Å². The molecule has 3 atom stereocenters. The van der Waals surface area contributed by atoms with Gasteiger partial charge in [0.15, 0.2) is 5.54 Å². The van der Waals surface area contributed by atoms with Crippen molar-refractivity contribution in [1.82, 2.24) is 4.98 Å². The smallest absolute Gasteiger partial charge is 0.284 e. The van der Waals surface area contributed by atoms with Gasteiger partial charge in [0.2, 0.25) is 0 Å². The molecular weight excluding hydrogens is 434 g/mol. The maximum atomic E-state index is 14.9. The van der Waals surface area contributed by atoms with Crippen molar-refractivity contribution in [3.8, 4) is 12.3 Å². The standard InChI is InChI=1S/C20H15Cl2FN4O3/c1-2-20(13-8-29-9-16(13)30-19(24)27-20)12-6-11(3-4-15(12)23)26-18(28)17-14(22)5-10(21)7-25-17/h1,3-7,13,16H,8-9H2,(H2,24,27)(H,26,28)/t13-,16+,20+/m0/s1. The summed E-state index contributed by atoms with van der Waals surface area (Å²) >= 11 is 11.8. The minimum absolute atomic E-state index is 0.0313. The van der Waals surface area contributed by atoms with Gasteiger partial charge in [-0.05, 0) is 24.3 Å². The molecule has 30 heavy (non-hydrogen) atoms. The molecule has 0 aliphatic carbocycles. The van der Waals surface area contributed by atoms with Crippen LogP contribution < -0.4 is 11.1 Å². The van der Waals surface area contributed by atoms with Crippen LogP contribution in [0.2, 0.25) is 10.0 Å². The Bertz CT molecular complexity index is 1100. The van der Waals surface area contributed by atoms with Crippen LogP contribution in [0.1, 0.15) is 16.1 Å². The number of nitrogens with two attached hydrogens (primary N) is 1. The molecule has 10 heteroatoms. The molecule has 0 unspecified atom stereocenters. The number of fused-ring (bicyclic) bond motifs is 1. The van der Waals surface area contributed by atoms with Crippen molar-refractivity contribution < 1.29 is 18.7 Å². The SMILES string of the molecule is C#C[C@]1(c2cc(NC(=O)c3ncc(Cl)cc3Cl)ccc2F)N=C(N)O[C@@H]2COC[C@@H]21. The van der Waals surface area contributed by atoms with Crippen LogP contribution in [0.5, 0.6) is 0 Å². The van der Waals surface area contributed by atoms with Crippen LogP contribution in [0.4, 0.5) is 10.1 Å². The predicted octanol–water partition coefficient (Wildman–Crippen LogP) is 2.97. The van der Waals surface area contributed by atoms with E-state index in [9.17, 15) is 9.18 Å². The van der Waals surface area contributed by atoms with Gasteiger partial charge in [0.1, 0.15) is 17.6 Å². The first-order chi connectivity index (χ1) is 14.3. The lowest BCUT2D eigenvalue weighted by Crippen LogP contribution is -2.48. The Morgan fingerprint density at radius 3 is 2.90 bits per heavy atom. The number of rotatable bonds is 3. The van der Waals surface area contributed by atoms with Gasteiger partial charge in [-0.2, -0.15) is 0 Å². The normalized spacial score (nSPS) is 24.9. The lowest BCUT2D eigenvalue weighted by molar-refractivity contribution is 0.0940. The summed E-state index contributed by atoms with van der Waals surface area (Å²) in [5.41, 5.74) is 4.68. The maximum absolute atomic E-state index is 14.9. The van der Waals surface area contributed by atoms with Crippen LogP contribution in [-0.4, -0.2) is 36.2 Å². The van der Waals surface area contributed by atoms with Gasteiger partial charge in [0, 0.05) is 17.4 Å². The topological polar surface area (TPSA) is 98.8 Å². The summed E-state index contributed by atoms with van der Waals surface area (Å²) in [6.45, 7) is 0.495. The number of aliphatic imine (C=N–C) groups is 1. The van der Waals surface area contributed by atoms with Gasteiger partial charge in [-0.1, -0.05) is 29.1 Å². The number of benzene rings is 1. The Morgan fingerprint density at radius 1 is 1.37 bits per heavy atom. The van der Waals surface area contributed by atoms with Crippen LogP contribution in [0.15, 0.2) is 35.5 Å². The first-order valence-electron chi connectivity index (χ1n) is 8.84. The van der Waals surface area contributed by atoms with Gasteiger partial charge >= 0.3 is 0 Å². The van der Waals surface area contributed by atoms with Gasteiger partial charge in [-0.3, -0.25) is 4.79 Å². The van der Waals surface area contributed by atoms with Crippen LogP contribution in [0.25, 0.3) is 0 Å². The number of amidine groups is 1. The number of anilines is 1. The number of halogens is 3. The number of aromatic nitrogens is 1. The van der Waals surface area contributed by atoms with Crippen LogP contribution in [0, 0.1) is 24.1 Å². The fourth-order valence-corrected chi connectivity index (χ4v) is 4.09. The van der Waals surface area contributed by atoms with Crippen LogP contribution in [0.3, 0.4) is 0 Å². The van der Waals surface area contributed by atoms with Gasteiger partial charge < -0.3 is 20.5 Å². The minimum Gasteiger partial charge on any atom is -0.459 e. The number of pyridine rings is 1. The molecule has 4 rings (SSSR count). The van der Waals surface area contributed by atoms with E-state index in [1.54, 1.807) is 0 Å². The molecule has 154 valence electrons. The molecule has 1 aromatic heterocycles. The summed E-state index contributed by atoms with van der Waals surface area (Å²) in [6.07, 6.45) is 6.66. The Labute approximate surface area is 181 Å². The zero-order valence-electron chi connectivity index (χ0n) is 15.4. The fraction of sp³-hybridized carbons (Fsp3) is 0.250. The summed E-state index contributed by atoms with van der Waals surface area (Å²) in [6, 6.07) is 5.24. The van der Waals surface area contributed by atoms with E-state index >= 15 is 0 Å². The van der Waals surface area contributed by atoms with Crippen molar-refractivity contribution >= 4 is 40.8 Å². The van der Waals surface area contributed by atoms with Crippen LogP contribution in [-0.2, 0) is 15.0 Å². The van der Waals surface area contributed by atoms with E-state index in [1.165, 1.54) is 30.5 Å². The summed E-state index contributed by atoms with van der Waals surface area (Å²) in [7, 11) is 0. The number of nitrogens with zero attached hydrogens (tertiary/aromatic N) is 2. The molecule has 1 saturated heterocycles. The monoisotopic (exact) mass is 448 g/mol. The molecule has 0 radical (unpaired) electrons. The predicted molar refractivity (Wildman–Crippen MR) is 110 cm³/mol. The number of nitrogens with one attached hydrogen (secondary N) is 1. The largest absolute Gasteiger partial charge is 0.459 e. The van der Waals surface area contributed by atoms with E-state index in [-0.39, 0.29) is 41.2 Å². The van der Waals surface area contributed by atoms with E-state index in [4.69, 9.17) is 44.8 Å². The first-order valence-corrected chi connectivity index (χ1v) is 9.59. The van der Waals surface area contributed by atoms with Gasteiger partial charge in [0.25, 0.3) is 11.9 Å². The molecule has 3 heterocycles.